The summed E-state index contributed by atoms with van der Waals surface area (Å²) in [7, 11) is 2.09. The van der Waals surface area contributed by atoms with Crippen molar-refractivity contribution >= 4 is 34.9 Å². The van der Waals surface area contributed by atoms with E-state index < -0.39 is 5.82 Å². The highest BCUT2D eigenvalue weighted by Crippen LogP contribution is 2.29. The van der Waals surface area contributed by atoms with Gasteiger partial charge >= 0.3 is 0 Å². The van der Waals surface area contributed by atoms with E-state index in [9.17, 15) is 4.39 Å². The molecule has 0 aliphatic carbocycles. The van der Waals surface area contributed by atoms with Gasteiger partial charge < -0.3 is 15.6 Å². The molecule has 3 rings (SSSR count). The van der Waals surface area contributed by atoms with Crippen molar-refractivity contribution in [1.29, 1.82) is 0 Å². The van der Waals surface area contributed by atoms with Crippen molar-refractivity contribution in [2.24, 2.45) is 15.9 Å². The van der Waals surface area contributed by atoms with Gasteiger partial charge in [0.15, 0.2) is 5.84 Å². The number of nitrogens with zero attached hydrogens (tertiary/aromatic N) is 4. The summed E-state index contributed by atoms with van der Waals surface area (Å²) >= 11 is 5.88. The maximum Gasteiger partial charge on any atom is 0.153 e. The van der Waals surface area contributed by atoms with Crippen molar-refractivity contribution in [2.75, 3.05) is 33.2 Å². The van der Waals surface area contributed by atoms with E-state index in [1.807, 2.05) is 12.2 Å². The molecule has 0 atom stereocenters. The van der Waals surface area contributed by atoms with Crippen LogP contribution in [0, 0.1) is 5.82 Å². The maximum atomic E-state index is 13.8. The summed E-state index contributed by atoms with van der Waals surface area (Å²) in [5.74, 6) is 5.80. The highest BCUT2D eigenvalue weighted by molar-refractivity contribution is 6.42. The lowest BCUT2D eigenvalue weighted by atomic mass is 10.1. The number of fused-ring (bicyclic) bond motifs is 1. The van der Waals surface area contributed by atoms with Crippen LogP contribution in [0.15, 0.2) is 28.3 Å². The molecular formula is C16H19ClFN5. The van der Waals surface area contributed by atoms with E-state index in [1.165, 1.54) is 6.07 Å². The van der Waals surface area contributed by atoms with E-state index in [4.69, 9.17) is 17.4 Å². The molecule has 5 nitrogen and oxygen atoms in total. The molecule has 0 aromatic heterocycles. The summed E-state index contributed by atoms with van der Waals surface area (Å²) in [4.78, 5) is 9.08. The first-order valence-corrected chi connectivity index (χ1v) is 7.91. The number of halogens is 2. The summed E-state index contributed by atoms with van der Waals surface area (Å²) in [6.07, 6.45) is 4.40. The van der Waals surface area contributed by atoms with Gasteiger partial charge in [-0.05, 0) is 13.1 Å². The molecule has 1 aromatic rings. The van der Waals surface area contributed by atoms with Gasteiger partial charge in [0, 0.05) is 44.2 Å². The molecule has 0 spiro atoms. The molecule has 0 unspecified atom stereocenters. The maximum absolute atomic E-state index is 13.8. The Balaban J connectivity index is 2.05. The lowest BCUT2D eigenvalue weighted by Gasteiger charge is -2.35. The molecule has 2 heterocycles. The van der Waals surface area contributed by atoms with Crippen molar-refractivity contribution in [2.45, 2.75) is 6.42 Å². The number of hydrazone groups is 1. The van der Waals surface area contributed by atoms with Crippen LogP contribution in [-0.4, -0.2) is 54.6 Å². The first-order chi connectivity index (χ1) is 11.1. The van der Waals surface area contributed by atoms with Crippen LogP contribution in [0.5, 0.6) is 0 Å². The third kappa shape index (κ3) is 3.38. The number of amidine groups is 1. The normalized spacial score (nSPS) is 22.3. The van der Waals surface area contributed by atoms with Gasteiger partial charge in [-0.15, -0.1) is 0 Å². The standard InChI is InChI=1S/C16H19ClFN5/c1-22-5-7-23(8-6-22)16-14(21-19)4-2-3-11-9-12(17)13(18)10-15(11)20-16/h2-3,9-10H,4-8,19H2,1H3/b3-2+,20-16?,21-14+. The van der Waals surface area contributed by atoms with Gasteiger partial charge in [0.05, 0.1) is 10.7 Å². The predicted molar refractivity (Wildman–Crippen MR) is 92.8 cm³/mol. The van der Waals surface area contributed by atoms with Crippen LogP contribution in [0.25, 0.3) is 6.08 Å². The topological polar surface area (TPSA) is 57.2 Å². The molecule has 0 saturated carbocycles. The van der Waals surface area contributed by atoms with Gasteiger partial charge in [-0.3, -0.25) is 0 Å². The second kappa shape index (κ2) is 6.68. The minimum absolute atomic E-state index is 0.0954. The predicted octanol–water partition coefficient (Wildman–Crippen LogP) is 2.49. The summed E-state index contributed by atoms with van der Waals surface area (Å²) in [5.41, 5.74) is 2.03. The van der Waals surface area contributed by atoms with Gasteiger partial charge in [0.25, 0.3) is 0 Å². The Bertz CT molecular complexity index is 690. The molecule has 0 bridgehead atoms. The van der Waals surface area contributed by atoms with Crippen LogP contribution in [0.2, 0.25) is 5.02 Å². The zero-order chi connectivity index (χ0) is 16.4. The molecule has 0 radical (unpaired) electrons. The Morgan fingerprint density at radius 3 is 2.70 bits per heavy atom. The molecule has 2 aliphatic heterocycles. The average molecular weight is 336 g/mol. The van der Waals surface area contributed by atoms with Crippen LogP contribution in [0.4, 0.5) is 10.1 Å². The highest BCUT2D eigenvalue weighted by atomic mass is 35.5. The van der Waals surface area contributed by atoms with Gasteiger partial charge in [-0.1, -0.05) is 23.8 Å². The molecule has 122 valence electrons. The highest BCUT2D eigenvalue weighted by Gasteiger charge is 2.23. The SMILES string of the molecule is CN1CCN(C2=Nc3cc(F)c(Cl)cc3/C=C/C/C2=N\N)CC1. The zero-order valence-corrected chi connectivity index (χ0v) is 13.7. The summed E-state index contributed by atoms with van der Waals surface area (Å²) in [6, 6.07) is 2.95. The first-order valence-electron chi connectivity index (χ1n) is 7.53. The molecule has 23 heavy (non-hydrogen) atoms. The zero-order valence-electron chi connectivity index (χ0n) is 13.0. The number of allylic oxidation sites excluding steroid dienone is 1. The lowest BCUT2D eigenvalue weighted by molar-refractivity contribution is 0.217. The second-order valence-electron chi connectivity index (χ2n) is 5.73. The fraction of sp³-hybridized carbons (Fsp3) is 0.375. The van der Waals surface area contributed by atoms with Crippen molar-refractivity contribution in [3.63, 3.8) is 0 Å². The quantitative estimate of drug-likeness (QED) is 0.585. The van der Waals surface area contributed by atoms with Crippen LogP contribution in [0.1, 0.15) is 12.0 Å². The minimum atomic E-state index is -0.480. The van der Waals surface area contributed by atoms with E-state index in [1.54, 1.807) is 6.07 Å². The number of rotatable bonds is 0. The summed E-state index contributed by atoms with van der Waals surface area (Å²) < 4.78 is 13.8. The number of hydrogen-bond acceptors (Lipinski definition) is 5. The fourth-order valence-electron chi connectivity index (χ4n) is 2.73. The number of aliphatic imine (C=N–C) groups is 1. The van der Waals surface area contributed by atoms with Crippen LogP contribution in [0.3, 0.4) is 0 Å². The molecular weight excluding hydrogens is 317 g/mol. The number of benzene rings is 1. The number of hydrogen-bond donors (Lipinski definition) is 1. The molecule has 1 aromatic carbocycles. The Morgan fingerprint density at radius 1 is 1.26 bits per heavy atom. The Labute approximate surface area is 139 Å². The fourth-order valence-corrected chi connectivity index (χ4v) is 2.90. The van der Waals surface area contributed by atoms with E-state index in [0.717, 1.165) is 31.7 Å². The van der Waals surface area contributed by atoms with Crippen LogP contribution >= 0.6 is 11.6 Å². The van der Waals surface area contributed by atoms with Crippen LogP contribution in [-0.2, 0) is 0 Å². The molecule has 0 amide bonds. The van der Waals surface area contributed by atoms with E-state index >= 15 is 0 Å². The molecule has 7 heteroatoms. The summed E-state index contributed by atoms with van der Waals surface area (Å²) in [5, 5.41) is 3.99. The van der Waals surface area contributed by atoms with E-state index in [2.05, 4.69) is 26.9 Å². The smallest absolute Gasteiger partial charge is 0.153 e. The average Bonchev–Trinajstić information content (AvgIpc) is 2.53. The minimum Gasteiger partial charge on any atom is -0.352 e. The second-order valence-corrected chi connectivity index (χ2v) is 6.14. The van der Waals surface area contributed by atoms with Crippen molar-refractivity contribution < 1.29 is 4.39 Å². The molecule has 2 N–H and O–H groups in total. The van der Waals surface area contributed by atoms with E-state index in [0.29, 0.717) is 23.7 Å². The van der Waals surface area contributed by atoms with E-state index in [-0.39, 0.29) is 5.02 Å². The molecule has 2 aliphatic rings. The third-order valence-corrected chi connectivity index (χ3v) is 4.41. The van der Waals surface area contributed by atoms with Gasteiger partial charge in [0.2, 0.25) is 0 Å². The summed E-state index contributed by atoms with van der Waals surface area (Å²) in [6.45, 7) is 3.55. The van der Waals surface area contributed by atoms with Gasteiger partial charge in [-0.25, -0.2) is 9.38 Å². The largest absolute Gasteiger partial charge is 0.352 e. The van der Waals surface area contributed by atoms with Crippen molar-refractivity contribution in [3.8, 4) is 0 Å². The van der Waals surface area contributed by atoms with Crippen molar-refractivity contribution in [1.82, 2.24) is 9.80 Å². The Morgan fingerprint density at radius 2 is 2.00 bits per heavy atom. The third-order valence-electron chi connectivity index (χ3n) is 4.12. The van der Waals surface area contributed by atoms with Crippen LogP contribution < -0.4 is 5.84 Å². The lowest BCUT2D eigenvalue weighted by Crippen LogP contribution is -2.49. The number of nitrogens with two attached hydrogens (primary N) is 1. The first kappa shape index (κ1) is 16.0. The Hall–Kier alpha value is -1.92. The van der Waals surface area contributed by atoms with Gasteiger partial charge in [0.1, 0.15) is 11.5 Å². The monoisotopic (exact) mass is 335 g/mol. The number of likely N-dealkylation sites (N-methyl/N-ethyl adjacent to an activating group) is 1. The molecule has 1 fully saturated rings. The Kier molecular flexibility index (Phi) is 4.63. The number of piperazine rings is 1. The van der Waals surface area contributed by atoms with Gasteiger partial charge in [-0.2, -0.15) is 5.10 Å². The molecule has 1 saturated heterocycles. The van der Waals surface area contributed by atoms with Crippen molar-refractivity contribution in [3.05, 3.63) is 34.6 Å².